The Kier molecular flexibility index (Phi) is 4.27. The number of benzene rings is 3. The first-order valence-corrected chi connectivity index (χ1v) is 8.14. The lowest BCUT2D eigenvalue weighted by Gasteiger charge is -2.09. The van der Waals surface area contributed by atoms with Gasteiger partial charge in [0.15, 0.2) is 0 Å². The van der Waals surface area contributed by atoms with Gasteiger partial charge in [-0.05, 0) is 48.5 Å². The second-order valence-electron chi connectivity index (χ2n) is 5.77. The van der Waals surface area contributed by atoms with E-state index in [9.17, 15) is 4.39 Å². The Hall–Kier alpha value is -3.34. The first-order valence-electron chi connectivity index (χ1n) is 8.14. The molecule has 130 valence electrons. The van der Waals surface area contributed by atoms with E-state index in [-0.39, 0.29) is 12.4 Å². The number of ether oxygens (including phenoxy) is 1. The van der Waals surface area contributed by atoms with Crippen LogP contribution in [0.5, 0.6) is 5.75 Å². The molecule has 0 fully saturated rings. The maximum absolute atomic E-state index is 13.1. The van der Waals surface area contributed by atoms with Gasteiger partial charge >= 0.3 is 0 Å². The van der Waals surface area contributed by atoms with Crippen molar-refractivity contribution in [2.45, 2.75) is 0 Å². The van der Waals surface area contributed by atoms with Crippen LogP contribution in [0.3, 0.4) is 0 Å². The van der Waals surface area contributed by atoms with Crippen LogP contribution >= 0.6 is 0 Å². The highest BCUT2D eigenvalue weighted by atomic mass is 19.1. The second-order valence-corrected chi connectivity index (χ2v) is 5.77. The van der Waals surface area contributed by atoms with Crippen LogP contribution in [0.15, 0.2) is 76.3 Å². The van der Waals surface area contributed by atoms with Gasteiger partial charge in [0, 0.05) is 16.3 Å². The molecule has 0 saturated carbocycles. The minimum absolute atomic E-state index is 0.195. The zero-order chi connectivity index (χ0) is 17.9. The van der Waals surface area contributed by atoms with E-state index in [1.54, 1.807) is 12.1 Å². The monoisotopic (exact) mass is 349 g/mol. The fourth-order valence-corrected chi connectivity index (χ4v) is 2.86. The first kappa shape index (κ1) is 16.1. The molecular formula is C21H16FNO3. The number of furan rings is 1. The van der Waals surface area contributed by atoms with Crippen molar-refractivity contribution in [2.75, 3.05) is 13.7 Å². The van der Waals surface area contributed by atoms with Crippen LogP contribution in [-0.4, -0.2) is 19.4 Å². The van der Waals surface area contributed by atoms with Crippen molar-refractivity contribution < 1.29 is 18.4 Å². The molecule has 0 bridgehead atoms. The molecule has 0 N–H and O–H groups in total. The third kappa shape index (κ3) is 3.11. The standard InChI is InChI=1S/C21H16FNO3/c1-24-23-19(14-6-8-15(22)9-7-14)13-25-16-10-11-21-18(12-16)17-4-2-3-5-20(17)26-21/h2-12H,13H2,1H3/b23-19+. The number of nitrogens with zero attached hydrogens (tertiary/aromatic N) is 1. The van der Waals surface area contributed by atoms with Gasteiger partial charge in [-0.2, -0.15) is 0 Å². The summed E-state index contributed by atoms with van der Waals surface area (Å²) in [7, 11) is 1.47. The number of oxime groups is 1. The minimum atomic E-state index is -0.302. The summed E-state index contributed by atoms with van der Waals surface area (Å²) in [5.41, 5.74) is 2.96. The van der Waals surface area contributed by atoms with Gasteiger partial charge in [-0.15, -0.1) is 0 Å². The highest BCUT2D eigenvalue weighted by Crippen LogP contribution is 2.31. The van der Waals surface area contributed by atoms with Crippen molar-refractivity contribution in [3.63, 3.8) is 0 Å². The number of fused-ring (bicyclic) bond motifs is 3. The number of hydrogen-bond acceptors (Lipinski definition) is 4. The Morgan fingerprint density at radius 1 is 0.962 bits per heavy atom. The molecule has 5 heteroatoms. The molecule has 26 heavy (non-hydrogen) atoms. The summed E-state index contributed by atoms with van der Waals surface area (Å²) in [5.74, 6) is 0.388. The Balaban J connectivity index is 1.60. The van der Waals surface area contributed by atoms with E-state index in [1.807, 2.05) is 42.5 Å². The number of rotatable bonds is 5. The van der Waals surface area contributed by atoms with Gasteiger partial charge < -0.3 is 14.0 Å². The summed E-state index contributed by atoms with van der Waals surface area (Å²) in [4.78, 5) is 4.89. The zero-order valence-corrected chi connectivity index (χ0v) is 14.1. The lowest BCUT2D eigenvalue weighted by molar-refractivity contribution is 0.210. The summed E-state index contributed by atoms with van der Waals surface area (Å²) < 4.78 is 24.8. The highest BCUT2D eigenvalue weighted by molar-refractivity contribution is 6.05. The Labute approximate surface area is 149 Å². The van der Waals surface area contributed by atoms with E-state index in [2.05, 4.69) is 5.16 Å². The van der Waals surface area contributed by atoms with Gasteiger partial charge in [0.05, 0.1) is 0 Å². The van der Waals surface area contributed by atoms with Crippen molar-refractivity contribution in [2.24, 2.45) is 5.16 Å². The predicted octanol–water partition coefficient (Wildman–Crippen LogP) is 5.15. The van der Waals surface area contributed by atoms with Crippen LogP contribution in [0.25, 0.3) is 21.9 Å². The van der Waals surface area contributed by atoms with Gasteiger partial charge in [-0.3, -0.25) is 0 Å². The summed E-state index contributed by atoms with van der Waals surface area (Å²) >= 11 is 0. The molecule has 0 aliphatic rings. The second kappa shape index (κ2) is 6.88. The minimum Gasteiger partial charge on any atom is -0.487 e. The van der Waals surface area contributed by atoms with E-state index in [1.165, 1.54) is 19.2 Å². The van der Waals surface area contributed by atoms with Crippen LogP contribution in [0.2, 0.25) is 0 Å². The lowest BCUT2D eigenvalue weighted by atomic mass is 10.1. The zero-order valence-electron chi connectivity index (χ0n) is 14.1. The summed E-state index contributed by atoms with van der Waals surface area (Å²) in [6.07, 6.45) is 0. The Bertz CT molecular complexity index is 1080. The highest BCUT2D eigenvalue weighted by Gasteiger charge is 2.10. The molecule has 1 heterocycles. The molecule has 0 spiro atoms. The predicted molar refractivity (Wildman–Crippen MR) is 99.2 cm³/mol. The summed E-state index contributed by atoms with van der Waals surface area (Å²) in [6.45, 7) is 0.195. The van der Waals surface area contributed by atoms with Gasteiger partial charge in [-0.1, -0.05) is 23.4 Å². The SMILES string of the molecule is CO/N=C(\COc1ccc2oc3ccccc3c2c1)c1ccc(F)cc1. The molecule has 0 aliphatic carbocycles. The lowest BCUT2D eigenvalue weighted by Crippen LogP contribution is -2.13. The molecule has 0 amide bonds. The van der Waals surface area contributed by atoms with Crippen LogP contribution in [-0.2, 0) is 4.84 Å². The molecule has 0 atom stereocenters. The van der Waals surface area contributed by atoms with E-state index in [0.29, 0.717) is 11.5 Å². The quantitative estimate of drug-likeness (QED) is 0.369. The summed E-state index contributed by atoms with van der Waals surface area (Å²) in [5, 5.41) is 6.02. The molecule has 0 radical (unpaired) electrons. The fourth-order valence-electron chi connectivity index (χ4n) is 2.86. The molecule has 4 nitrogen and oxygen atoms in total. The van der Waals surface area contributed by atoms with Gasteiger partial charge in [0.1, 0.15) is 42.2 Å². The van der Waals surface area contributed by atoms with E-state index < -0.39 is 0 Å². The summed E-state index contributed by atoms with van der Waals surface area (Å²) in [6, 6.07) is 19.6. The largest absolute Gasteiger partial charge is 0.487 e. The third-order valence-electron chi connectivity index (χ3n) is 4.10. The normalized spacial score (nSPS) is 11.8. The molecule has 3 aromatic carbocycles. The molecule has 0 saturated heterocycles. The number of para-hydroxylation sites is 1. The Morgan fingerprint density at radius 3 is 2.54 bits per heavy atom. The first-order chi connectivity index (χ1) is 12.7. The molecule has 4 aromatic rings. The number of hydrogen-bond donors (Lipinski definition) is 0. The van der Waals surface area contributed by atoms with E-state index in [4.69, 9.17) is 14.0 Å². The average molecular weight is 349 g/mol. The van der Waals surface area contributed by atoms with Crippen LogP contribution < -0.4 is 4.74 Å². The smallest absolute Gasteiger partial charge is 0.135 e. The maximum Gasteiger partial charge on any atom is 0.135 e. The molecule has 0 unspecified atom stereocenters. The van der Waals surface area contributed by atoms with Crippen molar-refractivity contribution in [3.05, 3.63) is 78.1 Å². The molecule has 1 aromatic heterocycles. The van der Waals surface area contributed by atoms with Crippen LogP contribution in [0, 0.1) is 5.82 Å². The topological polar surface area (TPSA) is 44.0 Å². The van der Waals surface area contributed by atoms with Crippen molar-refractivity contribution >= 4 is 27.7 Å². The van der Waals surface area contributed by atoms with Gasteiger partial charge in [0.2, 0.25) is 0 Å². The maximum atomic E-state index is 13.1. The number of halogens is 1. The molecule has 0 aliphatic heterocycles. The molecule has 4 rings (SSSR count). The molecular weight excluding hydrogens is 333 g/mol. The Morgan fingerprint density at radius 2 is 1.73 bits per heavy atom. The average Bonchev–Trinajstić information content (AvgIpc) is 3.04. The van der Waals surface area contributed by atoms with Crippen molar-refractivity contribution in [1.29, 1.82) is 0 Å². The van der Waals surface area contributed by atoms with Gasteiger partial charge in [0.25, 0.3) is 0 Å². The third-order valence-corrected chi connectivity index (χ3v) is 4.10. The van der Waals surface area contributed by atoms with Crippen LogP contribution in [0.4, 0.5) is 4.39 Å². The van der Waals surface area contributed by atoms with E-state index >= 15 is 0 Å². The van der Waals surface area contributed by atoms with Crippen LogP contribution in [0.1, 0.15) is 5.56 Å². The van der Waals surface area contributed by atoms with E-state index in [0.717, 1.165) is 27.5 Å². The van der Waals surface area contributed by atoms with Crippen molar-refractivity contribution in [1.82, 2.24) is 0 Å². The van der Waals surface area contributed by atoms with Gasteiger partial charge in [-0.25, -0.2) is 4.39 Å². The fraction of sp³-hybridized carbons (Fsp3) is 0.0952. The van der Waals surface area contributed by atoms with Crippen molar-refractivity contribution in [3.8, 4) is 5.75 Å².